The molecule has 2 unspecified atom stereocenters. The van der Waals surface area contributed by atoms with Gasteiger partial charge in [0.15, 0.2) is 0 Å². The number of aromatic nitrogens is 2. The summed E-state index contributed by atoms with van der Waals surface area (Å²) in [5.74, 6) is -1.56. The Morgan fingerprint density at radius 1 is 1.19 bits per heavy atom. The van der Waals surface area contributed by atoms with Crippen LogP contribution in [0.4, 0.5) is 0 Å². The lowest BCUT2D eigenvalue weighted by Crippen LogP contribution is -2.73. The molecule has 1 aromatic heterocycles. The zero-order valence-electron chi connectivity index (χ0n) is 21.2. The number of amides is 2. The van der Waals surface area contributed by atoms with Gasteiger partial charge in [-0.15, -0.1) is 0 Å². The minimum atomic E-state index is -2.18. The largest absolute Gasteiger partial charge is 0.610 e. The van der Waals surface area contributed by atoms with Crippen molar-refractivity contribution in [3.63, 3.8) is 0 Å². The highest BCUT2D eigenvalue weighted by Crippen LogP contribution is 2.40. The van der Waals surface area contributed by atoms with Crippen molar-refractivity contribution in [3.05, 3.63) is 60.2 Å². The normalized spacial score (nSPS) is 26.7. The minimum Gasteiger partial charge on any atom is -0.610 e. The van der Waals surface area contributed by atoms with E-state index in [0.717, 1.165) is 5.56 Å². The fourth-order valence-corrected chi connectivity index (χ4v) is 5.36. The lowest BCUT2D eigenvalue weighted by molar-refractivity contribution is -0.822. The molecule has 192 valence electrons. The van der Waals surface area contributed by atoms with Crippen molar-refractivity contribution in [1.29, 1.82) is 0 Å². The molecule has 3 heterocycles. The summed E-state index contributed by atoms with van der Waals surface area (Å²) in [7, 11) is 1.96. The number of nitrogens with zero attached hydrogens (tertiary/aromatic N) is 3. The standard InChI is InChI=1S/C25H34BN5O5/c1-17(2)12-22(26-31(4,15-23(32)36-26)18(3)16-35-26)30-24(33)20(13-19-8-6-5-7-9-19)29-25(34)21-14-27-10-11-28-21/h5-11,14,17-18,20,22H,12-13,15-16H2,1-4H3,(H,29,34)(H,30,33)/t18-,20+,22+,26?,31?/m1/s1. The molecule has 4 rings (SSSR count). The third kappa shape index (κ3) is 4.98. The molecule has 2 aromatic rings. The van der Waals surface area contributed by atoms with Crippen molar-refractivity contribution >= 4 is 24.5 Å². The predicted molar refractivity (Wildman–Crippen MR) is 133 cm³/mol. The molecule has 2 saturated heterocycles. The second kappa shape index (κ2) is 10.4. The molecule has 1 aromatic carbocycles. The van der Waals surface area contributed by atoms with E-state index in [4.69, 9.17) is 9.31 Å². The van der Waals surface area contributed by atoms with Crippen molar-refractivity contribution in [3.8, 4) is 0 Å². The SMILES string of the molecule is CC(C)C[C@H](NC(=O)[C@H](Cc1ccccc1)NC(=O)c1cnccn1)[B-]12OC[C@@H](C)[N+]1(C)CC(=O)O2. The molecule has 2 aliphatic heterocycles. The first-order valence-electron chi connectivity index (χ1n) is 12.4. The summed E-state index contributed by atoms with van der Waals surface area (Å²) in [6.07, 6.45) is 5.08. The summed E-state index contributed by atoms with van der Waals surface area (Å²) in [5.41, 5.74) is 1.01. The number of quaternary nitrogens is 1. The van der Waals surface area contributed by atoms with Crippen molar-refractivity contribution in [1.82, 2.24) is 20.6 Å². The lowest BCUT2D eigenvalue weighted by Gasteiger charge is -2.48. The first-order valence-corrected chi connectivity index (χ1v) is 12.4. The van der Waals surface area contributed by atoms with Crippen LogP contribution in [0, 0.1) is 5.92 Å². The van der Waals surface area contributed by atoms with Gasteiger partial charge < -0.3 is 24.3 Å². The van der Waals surface area contributed by atoms with Crippen LogP contribution in [0.3, 0.4) is 0 Å². The summed E-state index contributed by atoms with van der Waals surface area (Å²) in [6, 6.07) is 8.61. The smallest absolute Gasteiger partial charge is 0.549 e. The topological polar surface area (TPSA) is 120 Å². The number of hydrogen-bond acceptors (Lipinski definition) is 7. The number of benzene rings is 1. The van der Waals surface area contributed by atoms with Gasteiger partial charge in [-0.3, -0.25) is 19.4 Å². The van der Waals surface area contributed by atoms with Gasteiger partial charge in [0.05, 0.1) is 18.8 Å². The molecule has 2 aliphatic rings. The number of rotatable bonds is 9. The van der Waals surface area contributed by atoms with Gasteiger partial charge in [0.2, 0.25) is 5.91 Å². The van der Waals surface area contributed by atoms with Crippen molar-refractivity contribution in [2.75, 3.05) is 20.2 Å². The van der Waals surface area contributed by atoms with Gasteiger partial charge in [0, 0.05) is 31.8 Å². The summed E-state index contributed by atoms with van der Waals surface area (Å²) < 4.78 is 12.4. The summed E-state index contributed by atoms with van der Waals surface area (Å²) in [4.78, 5) is 47.1. The Morgan fingerprint density at radius 2 is 1.94 bits per heavy atom. The fourth-order valence-electron chi connectivity index (χ4n) is 5.36. The molecule has 36 heavy (non-hydrogen) atoms. The number of fused-ring (bicyclic) bond motifs is 1. The molecule has 0 bridgehead atoms. The predicted octanol–water partition coefficient (Wildman–Crippen LogP) is 1.25. The number of likely N-dealkylation sites (N-methyl/N-ethyl adjacent to an activating group) is 1. The number of carbonyl (C=O) groups is 3. The van der Waals surface area contributed by atoms with Gasteiger partial charge in [0.1, 0.15) is 18.3 Å². The number of carbonyl (C=O) groups excluding carboxylic acids is 3. The highest BCUT2D eigenvalue weighted by molar-refractivity contribution is 6.65. The van der Waals surface area contributed by atoms with E-state index in [9.17, 15) is 14.4 Å². The van der Waals surface area contributed by atoms with E-state index in [-0.39, 0.29) is 42.5 Å². The van der Waals surface area contributed by atoms with Gasteiger partial charge in [0.25, 0.3) is 5.91 Å². The Morgan fingerprint density at radius 3 is 2.61 bits per heavy atom. The van der Waals surface area contributed by atoms with Gasteiger partial charge >= 0.3 is 12.7 Å². The maximum atomic E-state index is 13.8. The molecule has 2 amide bonds. The first-order chi connectivity index (χ1) is 17.1. The second-order valence-electron chi connectivity index (χ2n) is 10.5. The highest BCUT2D eigenvalue weighted by Gasteiger charge is 2.67. The van der Waals surface area contributed by atoms with Gasteiger partial charge in [-0.2, -0.15) is 0 Å². The molecular formula is C25H34BN5O5. The molecular weight excluding hydrogens is 461 g/mol. The summed E-state index contributed by atoms with van der Waals surface area (Å²) in [6.45, 7) is 4.57. The van der Waals surface area contributed by atoms with Gasteiger partial charge in [-0.1, -0.05) is 50.6 Å². The number of nitrogens with one attached hydrogen (secondary N) is 2. The molecule has 0 saturated carbocycles. The van der Waals surface area contributed by atoms with Crippen LogP contribution in [0.25, 0.3) is 0 Å². The van der Waals surface area contributed by atoms with Gasteiger partial charge in [-0.25, -0.2) is 4.98 Å². The maximum Gasteiger partial charge on any atom is 0.549 e. The second-order valence-corrected chi connectivity index (χ2v) is 10.5. The Bertz CT molecular complexity index is 1100. The van der Waals surface area contributed by atoms with Crippen molar-refractivity contribution in [2.45, 2.75) is 51.6 Å². The van der Waals surface area contributed by atoms with Crippen LogP contribution in [0.15, 0.2) is 48.9 Å². The van der Waals surface area contributed by atoms with Crippen LogP contribution in [0.1, 0.15) is 43.2 Å². The Balaban J connectivity index is 1.62. The Hall–Kier alpha value is -3.31. The molecule has 0 aliphatic carbocycles. The molecule has 5 atom stereocenters. The average Bonchev–Trinajstić information content (AvgIpc) is 3.26. The van der Waals surface area contributed by atoms with Crippen LogP contribution in [0.2, 0.25) is 0 Å². The zero-order valence-corrected chi connectivity index (χ0v) is 21.2. The molecule has 11 heteroatoms. The quantitative estimate of drug-likeness (QED) is 0.503. The zero-order chi connectivity index (χ0) is 25.9. The van der Waals surface area contributed by atoms with E-state index in [0.29, 0.717) is 17.4 Å². The number of hydrogen-bond donors (Lipinski definition) is 2. The van der Waals surface area contributed by atoms with E-state index in [1.54, 1.807) is 0 Å². The van der Waals surface area contributed by atoms with Crippen molar-refractivity contribution in [2.24, 2.45) is 5.92 Å². The van der Waals surface area contributed by atoms with E-state index < -0.39 is 24.6 Å². The fraction of sp³-hybridized carbons (Fsp3) is 0.480. The Kier molecular flexibility index (Phi) is 7.42. The van der Waals surface area contributed by atoms with E-state index in [1.165, 1.54) is 18.6 Å². The van der Waals surface area contributed by atoms with Crippen LogP contribution in [-0.2, 0) is 25.3 Å². The van der Waals surface area contributed by atoms with E-state index in [1.807, 2.05) is 58.2 Å². The molecule has 2 N–H and O–H groups in total. The van der Waals surface area contributed by atoms with Crippen LogP contribution in [0.5, 0.6) is 0 Å². The summed E-state index contributed by atoms with van der Waals surface area (Å²) >= 11 is 0. The van der Waals surface area contributed by atoms with Crippen LogP contribution in [-0.4, -0.2) is 77.1 Å². The molecule has 2 fully saturated rings. The van der Waals surface area contributed by atoms with Gasteiger partial charge in [-0.05, 0) is 18.4 Å². The Labute approximate surface area is 211 Å². The monoisotopic (exact) mass is 495 g/mol. The molecule has 0 radical (unpaired) electrons. The minimum absolute atomic E-state index is 0.0412. The average molecular weight is 495 g/mol. The molecule has 0 spiro atoms. The first kappa shape index (κ1) is 25.8. The maximum absolute atomic E-state index is 13.8. The van der Waals surface area contributed by atoms with Crippen LogP contribution >= 0.6 is 0 Å². The highest BCUT2D eigenvalue weighted by atomic mass is 16.7. The van der Waals surface area contributed by atoms with Crippen molar-refractivity contribution < 1.29 is 28.1 Å². The summed E-state index contributed by atoms with van der Waals surface area (Å²) in [5, 5.41) is 5.93. The van der Waals surface area contributed by atoms with E-state index in [2.05, 4.69) is 20.6 Å². The van der Waals surface area contributed by atoms with E-state index >= 15 is 0 Å². The molecule has 10 nitrogen and oxygen atoms in total. The lowest BCUT2D eigenvalue weighted by atomic mass is 9.57. The third-order valence-corrected chi connectivity index (χ3v) is 7.44. The van der Waals surface area contributed by atoms with Crippen LogP contribution < -0.4 is 10.6 Å². The third-order valence-electron chi connectivity index (χ3n) is 7.44.